The van der Waals surface area contributed by atoms with Gasteiger partial charge in [-0.05, 0) is 200 Å². The lowest BCUT2D eigenvalue weighted by Crippen LogP contribution is -2.01. The average Bonchev–Trinajstić information content (AvgIpc) is 0.847. The molecule has 0 spiro atoms. The predicted octanol–water partition coefficient (Wildman–Crippen LogP) is 30.6. The van der Waals surface area contributed by atoms with Gasteiger partial charge in [0.2, 0.25) is 0 Å². The molecule has 0 radical (unpaired) electrons. The molecule has 0 saturated heterocycles. The van der Waals surface area contributed by atoms with E-state index in [0.717, 1.165) is 89.4 Å². The molecule has 0 aromatic heterocycles. The summed E-state index contributed by atoms with van der Waals surface area (Å²) in [4.78, 5) is 62.7. The summed E-state index contributed by atoms with van der Waals surface area (Å²) in [6, 6.07) is 119. The van der Waals surface area contributed by atoms with Crippen LogP contribution in [0.15, 0.2) is 392 Å². The van der Waals surface area contributed by atoms with E-state index in [1.807, 2.05) is 386 Å². The molecule has 0 aliphatic rings. The molecule has 0 fully saturated rings. The van der Waals surface area contributed by atoms with Gasteiger partial charge in [-0.1, -0.05) is 423 Å². The molecule has 0 unspecified atom stereocenters. The number of hydrogen-bond acceptors (Lipinski definition) is 7. The Hall–Kier alpha value is -14.0. The fourth-order valence-corrected chi connectivity index (χ4v) is 12.6. The summed E-state index contributed by atoms with van der Waals surface area (Å²) < 4.78 is 5.69. The van der Waals surface area contributed by atoms with Gasteiger partial charge in [0.25, 0.3) is 0 Å². The lowest BCUT2D eigenvalue weighted by molar-refractivity contribution is 0.103. The Morgan fingerprint density at radius 3 is 0.645 bits per heavy atom. The minimum absolute atomic E-state index is 0.0376. The van der Waals surface area contributed by atoms with Crippen molar-refractivity contribution in [1.29, 1.82) is 0 Å². The molecule has 0 bridgehead atoms. The summed E-state index contributed by atoms with van der Waals surface area (Å²) in [5, 5.41) is 0. The van der Waals surface area contributed by atoms with Crippen LogP contribution in [0, 0.1) is 104 Å². The highest BCUT2D eigenvalue weighted by Crippen LogP contribution is 2.29. The summed E-state index contributed by atoms with van der Waals surface area (Å²) in [5.74, 6) is 2.09. The van der Waals surface area contributed by atoms with E-state index < -0.39 is 0 Å². The highest BCUT2D eigenvalue weighted by molar-refractivity contribution is 7.99. The van der Waals surface area contributed by atoms with E-state index in [1.54, 1.807) is 23.9 Å². The Bertz CT molecular complexity index is 5490. The SMILES string of the molecule is CC=Cc1ccc(C)cc1.Cc1ccc(C(=O)c2ccc(C)cc2)cc1.Cc1ccc(C(=O)c2cccc(C)c2)cc1.Cc1ccc(C(=O)c2cccc(C)c2)cc1.Cc1ccc(C=CC(=O)c2ccc(C)cc2)cc1.Cc1ccc(C=CC(=O)c2ccc(C)cc2)cc1.Cc1ccc(Oc2ccc(C)cc2)cc1.Cc1ccc(Sc2ccc(C)cc2)cc1. The lowest BCUT2D eigenvalue weighted by atomic mass is 10.0. The Balaban J connectivity index is 0.000000176. The van der Waals surface area contributed by atoms with Gasteiger partial charge < -0.3 is 4.74 Å². The van der Waals surface area contributed by atoms with Crippen molar-refractivity contribution < 1.29 is 28.7 Å². The summed E-state index contributed by atoms with van der Waals surface area (Å²) in [5.41, 5.74) is 27.4. The molecular formula is C117H114O6S. The van der Waals surface area contributed by atoms with E-state index in [4.69, 9.17) is 4.74 Å². The third-order valence-electron chi connectivity index (χ3n) is 19.5. The number of rotatable bonds is 17. The first-order valence-electron chi connectivity index (χ1n) is 41.7. The highest BCUT2D eigenvalue weighted by Gasteiger charge is 2.12. The lowest BCUT2D eigenvalue weighted by Gasteiger charge is -2.05. The van der Waals surface area contributed by atoms with E-state index in [9.17, 15) is 24.0 Å². The minimum Gasteiger partial charge on any atom is -0.457 e. The van der Waals surface area contributed by atoms with Crippen LogP contribution < -0.4 is 4.74 Å². The standard InChI is InChI=1S/2C17H16O.3C15H14O.C14H14O.C14H14S.C10H12/c2*1-13-3-7-15(8-4-13)9-12-17(18)16-10-5-14(2)6-11-16;1-11-3-7-13(8-4-11)15(16)14-9-5-12(2)6-10-14;2*1-11-6-8-13(9-7-11)15(16)14-5-3-4-12(2)10-14;2*1-11-3-7-13(8-4-11)15-14-9-5-12(2)6-10-14;1-3-4-10-7-5-9(2)6-8-10/h2*3-12H,1-2H3;3*3-10H,1-2H3;2*3-10H,1-2H3;3-8H,1-2H3. The van der Waals surface area contributed by atoms with Gasteiger partial charge >= 0.3 is 0 Å². The molecule has 7 heteroatoms. The van der Waals surface area contributed by atoms with Gasteiger partial charge in [0.15, 0.2) is 28.9 Å². The second-order valence-corrected chi connectivity index (χ2v) is 32.2. The zero-order valence-corrected chi connectivity index (χ0v) is 75.3. The number of hydrogen-bond donors (Lipinski definition) is 0. The van der Waals surface area contributed by atoms with Crippen LogP contribution in [0.25, 0.3) is 18.2 Å². The molecular weight excluding hydrogens is 1530 g/mol. The van der Waals surface area contributed by atoms with E-state index in [2.05, 4.69) is 113 Å². The van der Waals surface area contributed by atoms with E-state index in [-0.39, 0.29) is 28.9 Å². The van der Waals surface area contributed by atoms with Crippen molar-refractivity contribution in [2.45, 2.75) is 121 Å². The second-order valence-electron chi connectivity index (χ2n) is 31.0. The molecule has 0 atom stereocenters. The van der Waals surface area contributed by atoms with Gasteiger partial charge in [-0.3, -0.25) is 24.0 Å². The van der Waals surface area contributed by atoms with Crippen molar-refractivity contribution in [3.05, 3.63) is 527 Å². The average molecular weight is 1650 g/mol. The van der Waals surface area contributed by atoms with E-state index in [1.165, 1.54) is 76.6 Å². The molecule has 6 nitrogen and oxygen atoms in total. The minimum atomic E-state index is 0.0376. The predicted molar refractivity (Wildman–Crippen MR) is 524 cm³/mol. The fraction of sp³-hybridized carbons (Fsp3) is 0.137. The molecule has 0 aliphatic carbocycles. The number of ketones is 5. The van der Waals surface area contributed by atoms with Crippen LogP contribution in [0.3, 0.4) is 0 Å². The van der Waals surface area contributed by atoms with Crippen LogP contribution in [-0.4, -0.2) is 28.9 Å². The van der Waals surface area contributed by atoms with Gasteiger partial charge in [-0.15, -0.1) is 0 Å². The van der Waals surface area contributed by atoms with Crippen molar-refractivity contribution >= 4 is 58.9 Å². The quantitative estimate of drug-likeness (QED) is 0.0662. The van der Waals surface area contributed by atoms with Crippen LogP contribution in [0.5, 0.6) is 11.5 Å². The third kappa shape index (κ3) is 34.6. The first-order valence-corrected chi connectivity index (χ1v) is 42.5. The number of benzene rings is 15. The molecule has 15 aromatic rings. The van der Waals surface area contributed by atoms with Crippen LogP contribution in [-0.2, 0) is 0 Å². The van der Waals surface area contributed by atoms with Crippen molar-refractivity contribution in [2.24, 2.45) is 0 Å². The zero-order chi connectivity index (χ0) is 89.3. The smallest absolute Gasteiger partial charge is 0.193 e. The van der Waals surface area contributed by atoms with Gasteiger partial charge in [-0.2, -0.15) is 0 Å². The molecule has 15 rings (SSSR count). The molecule has 0 heterocycles. The number of allylic oxidation sites excluding steroid dienone is 3. The maximum atomic E-state index is 12.1. The van der Waals surface area contributed by atoms with Crippen LogP contribution in [0.1, 0.15) is 176 Å². The Kier molecular flexibility index (Phi) is 38.7. The van der Waals surface area contributed by atoms with Gasteiger partial charge in [0.1, 0.15) is 11.5 Å². The Morgan fingerprint density at radius 1 is 0.210 bits per heavy atom. The number of ether oxygens (including phenoxy) is 1. The molecule has 0 N–H and O–H groups in total. The summed E-state index contributed by atoms with van der Waals surface area (Å²) in [6.07, 6.45) is 11.1. The monoisotopic (exact) mass is 1650 g/mol. The van der Waals surface area contributed by atoms with Crippen molar-refractivity contribution in [1.82, 2.24) is 0 Å². The molecule has 15 aromatic carbocycles. The fourth-order valence-electron chi connectivity index (χ4n) is 11.8. The summed E-state index contributed by atoms with van der Waals surface area (Å²) >= 11 is 1.80. The van der Waals surface area contributed by atoms with Crippen LogP contribution in [0.2, 0.25) is 0 Å². The first kappa shape index (κ1) is 95.5. The largest absolute Gasteiger partial charge is 0.457 e. The second kappa shape index (κ2) is 50.3. The molecule has 624 valence electrons. The van der Waals surface area contributed by atoms with Gasteiger partial charge in [-0.25, -0.2) is 0 Å². The summed E-state index contributed by atoms with van der Waals surface area (Å²) in [7, 11) is 0. The molecule has 0 amide bonds. The maximum absolute atomic E-state index is 12.1. The van der Waals surface area contributed by atoms with Gasteiger partial charge in [0.05, 0.1) is 0 Å². The number of carbonyl (C=O) groups excluding carboxylic acids is 5. The molecule has 124 heavy (non-hydrogen) atoms. The number of aryl methyl sites for hydroxylation is 15. The van der Waals surface area contributed by atoms with Crippen LogP contribution >= 0.6 is 11.8 Å². The zero-order valence-electron chi connectivity index (χ0n) is 74.5. The molecule has 0 aliphatic heterocycles. The maximum Gasteiger partial charge on any atom is 0.193 e. The van der Waals surface area contributed by atoms with Gasteiger partial charge in [0, 0.05) is 54.3 Å². The topological polar surface area (TPSA) is 94.6 Å². The number of carbonyl (C=O) groups is 5. The Morgan fingerprint density at radius 2 is 0.411 bits per heavy atom. The first-order chi connectivity index (χ1) is 59.6. The van der Waals surface area contributed by atoms with Crippen LogP contribution in [0.4, 0.5) is 0 Å². The van der Waals surface area contributed by atoms with Crippen molar-refractivity contribution in [3.63, 3.8) is 0 Å². The van der Waals surface area contributed by atoms with E-state index in [0.29, 0.717) is 0 Å². The highest BCUT2D eigenvalue weighted by atomic mass is 32.2. The Labute approximate surface area is 741 Å². The van der Waals surface area contributed by atoms with E-state index >= 15 is 0 Å². The molecule has 0 saturated carbocycles. The normalized spacial score (nSPS) is 10.4. The van der Waals surface area contributed by atoms with Crippen molar-refractivity contribution in [3.8, 4) is 11.5 Å². The third-order valence-corrected chi connectivity index (χ3v) is 20.5. The van der Waals surface area contributed by atoms with Crippen molar-refractivity contribution in [2.75, 3.05) is 0 Å². The summed E-state index contributed by atoms with van der Waals surface area (Å²) in [6.45, 7) is 32.6.